The molecule has 0 unspecified atom stereocenters. The number of benzene rings is 1. The molecule has 0 aliphatic carbocycles. The van der Waals surface area contributed by atoms with E-state index in [4.69, 9.17) is 4.74 Å². The number of piperazine rings is 1. The largest absolute Gasteiger partial charge is 0.471 e. The Morgan fingerprint density at radius 3 is 2.66 bits per heavy atom. The fraction of sp³-hybridized carbons (Fsp3) is 0.381. The van der Waals surface area contributed by atoms with E-state index in [0.29, 0.717) is 18.8 Å². The van der Waals surface area contributed by atoms with Gasteiger partial charge in [0.15, 0.2) is 12.4 Å². The number of aromatic nitrogens is 4. The van der Waals surface area contributed by atoms with Crippen LogP contribution in [0.15, 0.2) is 48.9 Å². The molecule has 1 fully saturated rings. The number of hydrogen-bond acceptors (Lipinski definition) is 5. The molecule has 0 saturated carbocycles. The highest BCUT2D eigenvalue weighted by Crippen LogP contribution is 2.17. The van der Waals surface area contributed by atoms with E-state index < -0.39 is 0 Å². The first kappa shape index (κ1) is 19.2. The van der Waals surface area contributed by atoms with Gasteiger partial charge in [0.25, 0.3) is 5.91 Å². The molecule has 3 aromatic rings. The number of hydrogen-bond donors (Lipinski definition) is 0. The van der Waals surface area contributed by atoms with Gasteiger partial charge in [-0.2, -0.15) is 10.2 Å². The summed E-state index contributed by atoms with van der Waals surface area (Å²) in [6.45, 7) is 6.23. The molecule has 8 heteroatoms. The Hall–Kier alpha value is -3.13. The van der Waals surface area contributed by atoms with Crippen molar-refractivity contribution in [3.8, 4) is 5.75 Å². The summed E-state index contributed by atoms with van der Waals surface area (Å²) in [6, 6.07) is 9.60. The maximum Gasteiger partial charge on any atom is 0.274 e. The van der Waals surface area contributed by atoms with Crippen LogP contribution >= 0.6 is 0 Å². The lowest BCUT2D eigenvalue weighted by Crippen LogP contribution is -2.48. The summed E-state index contributed by atoms with van der Waals surface area (Å²) in [5, 5.41) is 8.61. The molecule has 0 bridgehead atoms. The lowest BCUT2D eigenvalue weighted by molar-refractivity contribution is 0.0621. The van der Waals surface area contributed by atoms with E-state index in [1.54, 1.807) is 16.9 Å². The smallest absolute Gasteiger partial charge is 0.274 e. The van der Waals surface area contributed by atoms with Crippen LogP contribution in [-0.4, -0.2) is 61.4 Å². The molecule has 0 N–H and O–H groups in total. The van der Waals surface area contributed by atoms with Gasteiger partial charge in [0.2, 0.25) is 0 Å². The number of aryl methyl sites for hydroxylation is 2. The molecule has 0 spiro atoms. The molecule has 2 aromatic heterocycles. The van der Waals surface area contributed by atoms with Crippen LogP contribution in [0.1, 0.15) is 21.6 Å². The Kier molecular flexibility index (Phi) is 5.62. The summed E-state index contributed by atoms with van der Waals surface area (Å²) >= 11 is 0. The summed E-state index contributed by atoms with van der Waals surface area (Å²) in [7, 11) is 1.92. The molecule has 4 rings (SSSR count). The van der Waals surface area contributed by atoms with Gasteiger partial charge in [-0.3, -0.25) is 14.4 Å². The van der Waals surface area contributed by atoms with Crippen molar-refractivity contribution in [2.45, 2.75) is 20.2 Å². The average Bonchev–Trinajstić information content (AvgIpc) is 3.36. The van der Waals surface area contributed by atoms with Crippen LogP contribution in [0, 0.1) is 6.92 Å². The quantitative estimate of drug-likeness (QED) is 0.639. The number of amides is 1. The first-order valence-corrected chi connectivity index (χ1v) is 9.79. The molecule has 8 nitrogen and oxygen atoms in total. The van der Waals surface area contributed by atoms with E-state index in [1.807, 2.05) is 60.2 Å². The summed E-state index contributed by atoms with van der Waals surface area (Å²) in [6.07, 6.45) is 5.70. The zero-order chi connectivity index (χ0) is 20.2. The molecule has 3 heterocycles. The van der Waals surface area contributed by atoms with Gasteiger partial charge in [-0.25, -0.2) is 4.68 Å². The third-order valence-electron chi connectivity index (χ3n) is 5.13. The Morgan fingerprint density at radius 2 is 1.93 bits per heavy atom. The lowest BCUT2D eigenvalue weighted by atomic mass is 10.2. The number of rotatable bonds is 6. The van der Waals surface area contributed by atoms with Crippen LogP contribution in [0.25, 0.3) is 0 Å². The van der Waals surface area contributed by atoms with E-state index in [0.717, 1.165) is 30.9 Å². The molecule has 0 atom stereocenters. The molecular weight excluding hydrogens is 368 g/mol. The molecule has 152 valence electrons. The van der Waals surface area contributed by atoms with Gasteiger partial charge in [-0.1, -0.05) is 18.2 Å². The van der Waals surface area contributed by atoms with Gasteiger partial charge in [0.05, 0.1) is 6.20 Å². The van der Waals surface area contributed by atoms with Crippen molar-refractivity contribution in [1.82, 2.24) is 29.4 Å². The Balaban J connectivity index is 1.28. The highest BCUT2D eigenvalue weighted by molar-refractivity contribution is 5.92. The minimum absolute atomic E-state index is 0.0272. The van der Waals surface area contributed by atoms with Crippen molar-refractivity contribution < 1.29 is 9.53 Å². The van der Waals surface area contributed by atoms with E-state index in [2.05, 4.69) is 15.1 Å². The van der Waals surface area contributed by atoms with Crippen molar-refractivity contribution in [1.29, 1.82) is 0 Å². The normalized spacial score (nSPS) is 14.9. The SMILES string of the molecule is Cc1ccccc1OCn1ccc(C(=O)N2CCN(Cc3cnn(C)c3)CC2)n1. The van der Waals surface area contributed by atoms with Gasteiger partial charge in [-0.05, 0) is 24.6 Å². The standard InChI is InChI=1S/C21H26N6O2/c1-17-5-3-4-6-20(17)29-16-27-8-7-19(23-27)21(28)26-11-9-25(10-12-26)15-18-13-22-24(2)14-18/h3-8,13-14H,9-12,15-16H2,1-2H3. The van der Waals surface area contributed by atoms with Crippen LogP contribution in [0.3, 0.4) is 0 Å². The summed E-state index contributed by atoms with van der Waals surface area (Å²) < 4.78 is 9.26. The predicted octanol–water partition coefficient (Wildman–Crippen LogP) is 1.92. The fourth-order valence-corrected chi connectivity index (χ4v) is 3.48. The topological polar surface area (TPSA) is 68.4 Å². The fourth-order valence-electron chi connectivity index (χ4n) is 3.48. The average molecular weight is 394 g/mol. The number of ether oxygens (including phenoxy) is 1. The van der Waals surface area contributed by atoms with Crippen LogP contribution < -0.4 is 4.74 Å². The molecule has 0 radical (unpaired) electrons. The summed E-state index contributed by atoms with van der Waals surface area (Å²) in [5.74, 6) is 0.793. The number of carbonyl (C=O) groups is 1. The van der Waals surface area contributed by atoms with Gasteiger partial charge in [0, 0.05) is 57.7 Å². The minimum atomic E-state index is -0.0272. The molecule has 29 heavy (non-hydrogen) atoms. The number of para-hydroxylation sites is 1. The van der Waals surface area contributed by atoms with E-state index in [9.17, 15) is 4.79 Å². The Labute approximate surface area is 170 Å². The molecule has 1 amide bonds. The van der Waals surface area contributed by atoms with Gasteiger partial charge in [-0.15, -0.1) is 0 Å². The second-order valence-electron chi connectivity index (χ2n) is 7.37. The lowest BCUT2D eigenvalue weighted by Gasteiger charge is -2.34. The van der Waals surface area contributed by atoms with Crippen LogP contribution in [0.5, 0.6) is 5.75 Å². The van der Waals surface area contributed by atoms with E-state index >= 15 is 0 Å². The highest BCUT2D eigenvalue weighted by atomic mass is 16.5. The maximum absolute atomic E-state index is 12.8. The molecular formula is C21H26N6O2. The first-order chi connectivity index (χ1) is 14.1. The van der Waals surface area contributed by atoms with Gasteiger partial charge < -0.3 is 9.64 Å². The molecule has 1 saturated heterocycles. The number of nitrogens with zero attached hydrogens (tertiary/aromatic N) is 6. The van der Waals surface area contributed by atoms with Crippen molar-refractivity contribution in [3.63, 3.8) is 0 Å². The van der Waals surface area contributed by atoms with Crippen LogP contribution in [-0.2, 0) is 20.3 Å². The molecule has 1 aromatic carbocycles. The van der Waals surface area contributed by atoms with Crippen molar-refractivity contribution in [2.24, 2.45) is 7.05 Å². The third kappa shape index (κ3) is 4.65. The van der Waals surface area contributed by atoms with Gasteiger partial charge >= 0.3 is 0 Å². The van der Waals surface area contributed by atoms with Crippen molar-refractivity contribution in [2.75, 3.05) is 26.2 Å². The monoisotopic (exact) mass is 394 g/mol. The van der Waals surface area contributed by atoms with Gasteiger partial charge in [0.1, 0.15) is 5.75 Å². The zero-order valence-electron chi connectivity index (χ0n) is 16.9. The highest BCUT2D eigenvalue weighted by Gasteiger charge is 2.24. The van der Waals surface area contributed by atoms with Crippen molar-refractivity contribution >= 4 is 5.91 Å². The Bertz CT molecular complexity index is 971. The van der Waals surface area contributed by atoms with Crippen molar-refractivity contribution in [3.05, 3.63) is 65.7 Å². The summed E-state index contributed by atoms with van der Waals surface area (Å²) in [4.78, 5) is 17.0. The second-order valence-corrected chi connectivity index (χ2v) is 7.37. The third-order valence-corrected chi connectivity index (χ3v) is 5.13. The zero-order valence-corrected chi connectivity index (χ0v) is 16.9. The van der Waals surface area contributed by atoms with Crippen LogP contribution in [0.2, 0.25) is 0 Å². The predicted molar refractivity (Wildman–Crippen MR) is 108 cm³/mol. The van der Waals surface area contributed by atoms with Crippen LogP contribution in [0.4, 0.5) is 0 Å². The maximum atomic E-state index is 12.8. The number of carbonyl (C=O) groups excluding carboxylic acids is 1. The Morgan fingerprint density at radius 1 is 1.14 bits per heavy atom. The van der Waals surface area contributed by atoms with E-state index in [1.165, 1.54) is 5.56 Å². The second kappa shape index (κ2) is 8.48. The first-order valence-electron chi connectivity index (χ1n) is 9.79. The minimum Gasteiger partial charge on any atom is -0.471 e. The summed E-state index contributed by atoms with van der Waals surface area (Å²) in [5.41, 5.74) is 2.72. The van der Waals surface area contributed by atoms with E-state index in [-0.39, 0.29) is 12.6 Å². The molecule has 1 aliphatic rings. The molecule has 1 aliphatic heterocycles.